The number of nitrogens with zero attached hydrogens (tertiary/aromatic N) is 1. The first-order chi connectivity index (χ1) is 31.1. The van der Waals surface area contributed by atoms with Crippen molar-refractivity contribution in [3.05, 3.63) is 0 Å². The lowest BCUT2D eigenvalue weighted by Gasteiger charge is -2.25. The van der Waals surface area contributed by atoms with Crippen LogP contribution in [0.25, 0.3) is 0 Å². The summed E-state index contributed by atoms with van der Waals surface area (Å²) >= 11 is 0. The Morgan fingerprint density at radius 1 is 0.500 bits per heavy atom. The minimum atomic E-state index is 0.0970. The van der Waals surface area contributed by atoms with Crippen molar-refractivity contribution in [2.75, 3.05) is 19.7 Å². The van der Waals surface area contributed by atoms with Crippen LogP contribution in [-0.2, 0) is 14.4 Å². The zero-order chi connectivity index (χ0) is 47.9. The van der Waals surface area contributed by atoms with Gasteiger partial charge < -0.3 is 5.11 Å². The van der Waals surface area contributed by atoms with Crippen LogP contribution < -0.4 is 0 Å². The van der Waals surface area contributed by atoms with Gasteiger partial charge in [0.25, 0.3) is 0 Å². The molecular formula is C59H117NO4. The number of carbonyl (C=O) groups excluding carboxylic acids is 3. The predicted molar refractivity (Wildman–Crippen MR) is 283 cm³/mol. The van der Waals surface area contributed by atoms with Crippen molar-refractivity contribution in [1.82, 2.24) is 4.90 Å². The minimum absolute atomic E-state index is 0.0970. The highest BCUT2D eigenvalue weighted by atomic mass is 16.3. The Hall–Kier alpha value is -1.07. The average molecular weight is 905 g/mol. The first-order valence-corrected chi connectivity index (χ1v) is 29.0. The van der Waals surface area contributed by atoms with E-state index in [1.54, 1.807) is 0 Å². The molecule has 1 aliphatic rings. The van der Waals surface area contributed by atoms with E-state index in [0.29, 0.717) is 29.9 Å². The number of ketones is 3. The number of hydrogen-bond acceptors (Lipinski definition) is 5. The molecular weight excluding hydrogens is 787 g/mol. The molecule has 382 valence electrons. The molecule has 0 saturated carbocycles. The maximum atomic E-state index is 13.4. The molecule has 0 aromatic rings. The number of aliphatic hydroxyl groups is 1. The van der Waals surface area contributed by atoms with Crippen molar-refractivity contribution >= 4 is 17.3 Å². The van der Waals surface area contributed by atoms with E-state index in [4.69, 9.17) is 5.11 Å². The molecule has 0 aromatic heterocycles. The Kier molecular flexibility index (Phi) is 50.6. The van der Waals surface area contributed by atoms with Gasteiger partial charge >= 0.3 is 0 Å². The molecule has 1 rings (SSSR count). The van der Waals surface area contributed by atoms with Crippen molar-refractivity contribution in [3.63, 3.8) is 0 Å². The van der Waals surface area contributed by atoms with Gasteiger partial charge in [-0.25, -0.2) is 0 Å². The smallest absolute Gasteiger partial charge is 0.152 e. The standard InChI is InChI=1S/C49H93NO3.C8H18O.C2H6/c1-5-8-11-14-17-18-19-20-23-29-37-46(51)38-31-25-32-41-50-42-33-40-48(50)49(53)44(4)34-26-24-30-39-47(52)43-45(35-27-21-15-12-9-6-2)36-28-22-16-13-10-7-3;1-7(2)8(3)5-4-6-9;1-2/h44-45,48H,5-43H2,1-4H3;7-9H,4-6H2,1-3H3;1-2H3. The van der Waals surface area contributed by atoms with Gasteiger partial charge in [-0.1, -0.05) is 229 Å². The Balaban J connectivity index is 0. The third kappa shape index (κ3) is 41.1. The molecule has 0 amide bonds. The SMILES string of the molecule is CC.CC(C)C(C)CCCO.CCCCCCCCCCCCC(=O)CCCCCN1CCCC1C(=O)C(C)CCCCCC(=O)CC(CCCCCCCC)CCCCCCCC. The van der Waals surface area contributed by atoms with Crippen LogP contribution in [0.2, 0.25) is 0 Å². The first-order valence-electron chi connectivity index (χ1n) is 29.0. The van der Waals surface area contributed by atoms with Gasteiger partial charge in [0.2, 0.25) is 0 Å². The van der Waals surface area contributed by atoms with E-state index in [-0.39, 0.29) is 12.0 Å². The number of unbranched alkanes of at least 4 members (excludes halogenated alkanes) is 23. The van der Waals surface area contributed by atoms with E-state index in [1.165, 1.54) is 148 Å². The molecule has 1 aliphatic heterocycles. The zero-order valence-electron chi connectivity index (χ0n) is 45.2. The number of aliphatic hydroxyl groups excluding tert-OH is 1. The second-order valence-electron chi connectivity index (χ2n) is 20.7. The third-order valence-corrected chi connectivity index (χ3v) is 14.4. The summed E-state index contributed by atoms with van der Waals surface area (Å²) < 4.78 is 0. The highest BCUT2D eigenvalue weighted by molar-refractivity contribution is 5.86. The maximum absolute atomic E-state index is 13.4. The van der Waals surface area contributed by atoms with Crippen LogP contribution in [0.1, 0.15) is 313 Å². The van der Waals surface area contributed by atoms with E-state index >= 15 is 0 Å². The summed E-state index contributed by atoms with van der Waals surface area (Å²) in [6, 6.07) is 0.0970. The molecule has 1 heterocycles. The lowest BCUT2D eigenvalue weighted by molar-refractivity contribution is -0.127. The van der Waals surface area contributed by atoms with E-state index in [1.807, 2.05) is 13.8 Å². The molecule has 1 fully saturated rings. The molecule has 3 unspecified atom stereocenters. The topological polar surface area (TPSA) is 74.7 Å². The summed E-state index contributed by atoms with van der Waals surface area (Å²) in [5, 5.41) is 8.50. The summed E-state index contributed by atoms with van der Waals surface area (Å²) in [6.45, 7) is 22.0. The van der Waals surface area contributed by atoms with Gasteiger partial charge in [-0.3, -0.25) is 19.3 Å². The lowest BCUT2D eigenvalue weighted by Crippen LogP contribution is -2.39. The highest BCUT2D eigenvalue weighted by Crippen LogP contribution is 2.26. The fraction of sp³-hybridized carbons (Fsp3) is 0.949. The molecule has 3 atom stereocenters. The highest BCUT2D eigenvalue weighted by Gasteiger charge is 2.32. The van der Waals surface area contributed by atoms with Gasteiger partial charge in [-0.15, -0.1) is 0 Å². The number of rotatable bonds is 45. The fourth-order valence-corrected chi connectivity index (χ4v) is 9.53. The predicted octanol–water partition coefficient (Wildman–Crippen LogP) is 18.2. The molecule has 1 N–H and O–H groups in total. The van der Waals surface area contributed by atoms with Crippen LogP contribution in [-0.4, -0.2) is 53.1 Å². The van der Waals surface area contributed by atoms with E-state index in [0.717, 1.165) is 128 Å². The van der Waals surface area contributed by atoms with Gasteiger partial charge in [0, 0.05) is 38.2 Å². The summed E-state index contributed by atoms with van der Waals surface area (Å²) in [4.78, 5) is 41.3. The minimum Gasteiger partial charge on any atom is -0.396 e. The second-order valence-corrected chi connectivity index (χ2v) is 20.7. The Labute approximate surface area is 402 Å². The van der Waals surface area contributed by atoms with Crippen LogP contribution in [0.4, 0.5) is 0 Å². The number of Topliss-reactive ketones (excluding diaryl/α,β-unsaturated/α-hetero) is 3. The summed E-state index contributed by atoms with van der Waals surface area (Å²) in [5.74, 6) is 3.60. The van der Waals surface area contributed by atoms with Crippen LogP contribution in [0.15, 0.2) is 0 Å². The quantitative estimate of drug-likeness (QED) is 0.0616. The second kappa shape index (κ2) is 49.8. The largest absolute Gasteiger partial charge is 0.396 e. The monoisotopic (exact) mass is 904 g/mol. The number of hydrogen-bond donors (Lipinski definition) is 1. The van der Waals surface area contributed by atoms with Crippen molar-refractivity contribution in [2.45, 2.75) is 319 Å². The Morgan fingerprint density at radius 2 is 0.906 bits per heavy atom. The fourth-order valence-electron chi connectivity index (χ4n) is 9.53. The molecule has 0 aliphatic carbocycles. The third-order valence-electron chi connectivity index (χ3n) is 14.4. The molecule has 5 heteroatoms. The van der Waals surface area contributed by atoms with Crippen molar-refractivity contribution < 1.29 is 19.5 Å². The molecule has 64 heavy (non-hydrogen) atoms. The van der Waals surface area contributed by atoms with E-state index in [9.17, 15) is 14.4 Å². The molecule has 5 nitrogen and oxygen atoms in total. The van der Waals surface area contributed by atoms with E-state index < -0.39 is 0 Å². The molecule has 1 saturated heterocycles. The molecule has 0 radical (unpaired) electrons. The Bertz CT molecular complexity index is 979. The zero-order valence-corrected chi connectivity index (χ0v) is 45.2. The van der Waals surface area contributed by atoms with Crippen molar-refractivity contribution in [2.24, 2.45) is 23.7 Å². The van der Waals surface area contributed by atoms with E-state index in [2.05, 4.69) is 53.4 Å². The molecule has 0 aromatic carbocycles. The van der Waals surface area contributed by atoms with Gasteiger partial charge in [0.15, 0.2) is 5.78 Å². The lowest BCUT2D eigenvalue weighted by atomic mass is 9.88. The average Bonchev–Trinajstić information content (AvgIpc) is 3.77. The van der Waals surface area contributed by atoms with Gasteiger partial charge in [0.1, 0.15) is 11.6 Å². The van der Waals surface area contributed by atoms with Crippen LogP contribution >= 0.6 is 0 Å². The number of likely N-dealkylation sites (tertiary alicyclic amines) is 1. The molecule has 0 bridgehead atoms. The molecule has 0 spiro atoms. The Morgan fingerprint density at radius 3 is 1.38 bits per heavy atom. The van der Waals surface area contributed by atoms with Crippen LogP contribution in [0.5, 0.6) is 0 Å². The van der Waals surface area contributed by atoms with Gasteiger partial charge in [-0.2, -0.15) is 0 Å². The first kappa shape index (κ1) is 65.0. The van der Waals surface area contributed by atoms with Gasteiger partial charge in [-0.05, 0) is 88.6 Å². The van der Waals surface area contributed by atoms with Crippen molar-refractivity contribution in [3.8, 4) is 0 Å². The maximum Gasteiger partial charge on any atom is 0.152 e. The normalized spacial score (nSPS) is 14.9. The summed E-state index contributed by atoms with van der Waals surface area (Å²) in [6.07, 6.45) is 46.2. The number of carbonyl (C=O) groups is 3. The van der Waals surface area contributed by atoms with Crippen LogP contribution in [0, 0.1) is 23.7 Å². The summed E-state index contributed by atoms with van der Waals surface area (Å²) in [7, 11) is 0. The van der Waals surface area contributed by atoms with Gasteiger partial charge in [0.05, 0.1) is 6.04 Å². The van der Waals surface area contributed by atoms with Crippen molar-refractivity contribution in [1.29, 1.82) is 0 Å². The van der Waals surface area contributed by atoms with Crippen LogP contribution in [0.3, 0.4) is 0 Å². The summed E-state index contributed by atoms with van der Waals surface area (Å²) in [5.41, 5.74) is 0.